The molecule has 0 aliphatic carbocycles. The molecule has 1 aliphatic rings. The van der Waals surface area contributed by atoms with Crippen molar-refractivity contribution in [3.05, 3.63) is 29.3 Å². The highest BCUT2D eigenvalue weighted by molar-refractivity contribution is 5.95. The summed E-state index contributed by atoms with van der Waals surface area (Å²) in [5.41, 5.74) is 8.37. The number of amides is 1. The van der Waals surface area contributed by atoms with Gasteiger partial charge in [0.15, 0.2) is 0 Å². The lowest BCUT2D eigenvalue weighted by Gasteiger charge is -2.28. The maximum absolute atomic E-state index is 12.0. The normalized spacial score (nSPS) is 15.2. The molecule has 3 heteroatoms. The van der Waals surface area contributed by atoms with Crippen molar-refractivity contribution >= 4 is 11.6 Å². The predicted molar refractivity (Wildman–Crippen MR) is 73.3 cm³/mol. The monoisotopic (exact) mass is 242 g/mol. The Morgan fingerprint density at radius 1 is 1.39 bits per heavy atom. The van der Waals surface area contributed by atoms with Crippen molar-refractivity contribution in [1.29, 1.82) is 0 Å². The lowest BCUT2D eigenvalue weighted by Crippen LogP contribution is -2.35. The second kappa shape index (κ2) is 5.70. The van der Waals surface area contributed by atoms with Crippen molar-refractivity contribution in [1.82, 2.24) is 0 Å². The van der Waals surface area contributed by atoms with Gasteiger partial charge in [-0.1, -0.05) is 17.9 Å². The fourth-order valence-corrected chi connectivity index (χ4v) is 2.18. The molecule has 94 valence electrons. The summed E-state index contributed by atoms with van der Waals surface area (Å²) in [5, 5.41) is 0. The Balaban J connectivity index is 2.40. The third-order valence-corrected chi connectivity index (χ3v) is 3.09. The molecule has 1 aromatic rings. The summed E-state index contributed by atoms with van der Waals surface area (Å²) < 4.78 is 0. The van der Waals surface area contributed by atoms with E-state index in [0.29, 0.717) is 13.0 Å². The summed E-state index contributed by atoms with van der Waals surface area (Å²) in [5.74, 6) is 6.10. The zero-order valence-electron chi connectivity index (χ0n) is 10.7. The van der Waals surface area contributed by atoms with Gasteiger partial charge < -0.3 is 10.6 Å². The number of hydrogen-bond donors (Lipinski definition) is 1. The Hall–Kier alpha value is -1.79. The van der Waals surface area contributed by atoms with Crippen molar-refractivity contribution in [2.45, 2.75) is 26.2 Å². The highest BCUT2D eigenvalue weighted by Gasteiger charge is 2.21. The fraction of sp³-hybridized carbons (Fsp3) is 0.400. The maximum atomic E-state index is 12.0. The second-order valence-electron chi connectivity index (χ2n) is 4.53. The van der Waals surface area contributed by atoms with E-state index in [9.17, 15) is 4.79 Å². The molecule has 1 amide bonds. The fourth-order valence-electron chi connectivity index (χ4n) is 2.18. The summed E-state index contributed by atoms with van der Waals surface area (Å²) in [4.78, 5) is 13.8. The Labute approximate surface area is 108 Å². The van der Waals surface area contributed by atoms with Gasteiger partial charge in [-0.2, -0.15) is 0 Å². The van der Waals surface area contributed by atoms with Crippen LogP contribution in [0.1, 0.15) is 30.4 Å². The van der Waals surface area contributed by atoms with E-state index in [1.54, 1.807) is 0 Å². The molecular weight excluding hydrogens is 224 g/mol. The molecule has 1 saturated heterocycles. The molecule has 2 N–H and O–H groups in total. The molecular formula is C15H18N2O. The molecule has 1 heterocycles. The van der Waals surface area contributed by atoms with Gasteiger partial charge in [0.1, 0.15) is 0 Å². The van der Waals surface area contributed by atoms with Gasteiger partial charge in [0, 0.05) is 18.5 Å². The molecule has 0 atom stereocenters. The van der Waals surface area contributed by atoms with Crippen LogP contribution in [0.3, 0.4) is 0 Å². The zero-order valence-corrected chi connectivity index (χ0v) is 10.7. The Kier molecular flexibility index (Phi) is 4.01. The highest BCUT2D eigenvalue weighted by Crippen LogP contribution is 2.25. The number of aryl methyl sites for hydroxylation is 1. The van der Waals surface area contributed by atoms with E-state index in [2.05, 4.69) is 11.8 Å². The molecule has 1 fully saturated rings. The van der Waals surface area contributed by atoms with Gasteiger partial charge in [-0.05, 0) is 37.5 Å². The van der Waals surface area contributed by atoms with E-state index < -0.39 is 0 Å². The smallest absolute Gasteiger partial charge is 0.227 e. The maximum Gasteiger partial charge on any atom is 0.227 e. The van der Waals surface area contributed by atoms with Crippen LogP contribution in [0.25, 0.3) is 0 Å². The predicted octanol–water partition coefficient (Wildman–Crippen LogP) is 1.82. The van der Waals surface area contributed by atoms with Crippen LogP contribution >= 0.6 is 0 Å². The molecule has 3 nitrogen and oxygen atoms in total. The lowest BCUT2D eigenvalue weighted by molar-refractivity contribution is -0.119. The number of carbonyl (C=O) groups is 1. The molecule has 2 rings (SSSR count). The molecule has 0 spiro atoms. The van der Waals surface area contributed by atoms with E-state index in [1.165, 1.54) is 0 Å². The quantitative estimate of drug-likeness (QED) is 0.764. The molecule has 18 heavy (non-hydrogen) atoms. The van der Waals surface area contributed by atoms with Gasteiger partial charge in [0.05, 0.1) is 12.2 Å². The number of hydrogen-bond acceptors (Lipinski definition) is 2. The average Bonchev–Trinajstić information content (AvgIpc) is 2.38. The van der Waals surface area contributed by atoms with Crippen LogP contribution in [0.5, 0.6) is 0 Å². The van der Waals surface area contributed by atoms with Gasteiger partial charge in [-0.3, -0.25) is 4.79 Å². The minimum absolute atomic E-state index is 0.197. The number of nitrogens with zero attached hydrogens (tertiary/aromatic N) is 1. The summed E-state index contributed by atoms with van der Waals surface area (Å²) in [7, 11) is 0. The van der Waals surface area contributed by atoms with Crippen molar-refractivity contribution < 1.29 is 4.79 Å². The van der Waals surface area contributed by atoms with Crippen LogP contribution in [-0.2, 0) is 4.79 Å². The first-order valence-corrected chi connectivity index (χ1v) is 6.32. The van der Waals surface area contributed by atoms with Gasteiger partial charge in [0.2, 0.25) is 5.91 Å². The van der Waals surface area contributed by atoms with E-state index >= 15 is 0 Å². The van der Waals surface area contributed by atoms with Crippen molar-refractivity contribution in [2.75, 3.05) is 18.0 Å². The number of benzene rings is 1. The molecule has 0 bridgehead atoms. The van der Waals surface area contributed by atoms with Crippen LogP contribution in [0.15, 0.2) is 18.2 Å². The van der Waals surface area contributed by atoms with Crippen LogP contribution in [0.2, 0.25) is 0 Å². The van der Waals surface area contributed by atoms with Crippen LogP contribution in [0, 0.1) is 18.8 Å². The van der Waals surface area contributed by atoms with E-state index in [0.717, 1.165) is 36.2 Å². The molecule has 1 aliphatic heterocycles. The van der Waals surface area contributed by atoms with Crippen molar-refractivity contribution in [2.24, 2.45) is 5.73 Å². The first kappa shape index (κ1) is 12.7. The topological polar surface area (TPSA) is 46.3 Å². The first-order chi connectivity index (χ1) is 8.72. The van der Waals surface area contributed by atoms with E-state index in [4.69, 9.17) is 5.73 Å². The third kappa shape index (κ3) is 2.72. The Bertz CT molecular complexity index is 511. The SMILES string of the molecule is Cc1ccc(C#CCN)c(N2CCCCC2=O)c1. The Morgan fingerprint density at radius 3 is 2.94 bits per heavy atom. The minimum atomic E-state index is 0.197. The van der Waals surface area contributed by atoms with Gasteiger partial charge >= 0.3 is 0 Å². The number of nitrogens with two attached hydrogens (primary N) is 1. The zero-order chi connectivity index (χ0) is 13.0. The lowest BCUT2D eigenvalue weighted by atomic mass is 10.0. The number of carbonyl (C=O) groups excluding carboxylic acids is 1. The molecule has 0 saturated carbocycles. The van der Waals surface area contributed by atoms with Crippen molar-refractivity contribution in [3.63, 3.8) is 0 Å². The van der Waals surface area contributed by atoms with E-state index in [-0.39, 0.29) is 5.91 Å². The number of rotatable bonds is 1. The number of anilines is 1. The molecule has 0 unspecified atom stereocenters. The second-order valence-corrected chi connectivity index (χ2v) is 4.53. The summed E-state index contributed by atoms with van der Waals surface area (Å²) in [6, 6.07) is 6.01. The highest BCUT2D eigenvalue weighted by atomic mass is 16.2. The van der Waals surface area contributed by atoms with Crippen molar-refractivity contribution in [3.8, 4) is 11.8 Å². The van der Waals surface area contributed by atoms with Gasteiger partial charge in [-0.25, -0.2) is 0 Å². The molecule has 0 radical (unpaired) electrons. The largest absolute Gasteiger partial charge is 0.320 e. The minimum Gasteiger partial charge on any atom is -0.320 e. The molecule has 1 aromatic carbocycles. The van der Waals surface area contributed by atoms with Crippen LogP contribution in [0.4, 0.5) is 5.69 Å². The summed E-state index contributed by atoms with van der Waals surface area (Å²) in [6.45, 7) is 3.15. The number of piperidine rings is 1. The van der Waals surface area contributed by atoms with E-state index in [1.807, 2.05) is 30.0 Å². The first-order valence-electron chi connectivity index (χ1n) is 6.32. The standard InChI is InChI=1S/C15H18N2O/c1-12-7-8-13(5-4-9-16)14(11-12)17-10-3-2-6-15(17)18/h7-8,11H,2-3,6,9-10,16H2,1H3. The van der Waals surface area contributed by atoms with Gasteiger partial charge in [0.25, 0.3) is 0 Å². The molecule has 0 aromatic heterocycles. The third-order valence-electron chi connectivity index (χ3n) is 3.09. The Morgan fingerprint density at radius 2 is 2.22 bits per heavy atom. The average molecular weight is 242 g/mol. The summed E-state index contributed by atoms with van der Waals surface area (Å²) >= 11 is 0. The van der Waals surface area contributed by atoms with Crippen LogP contribution < -0.4 is 10.6 Å². The van der Waals surface area contributed by atoms with Gasteiger partial charge in [-0.15, -0.1) is 0 Å². The summed E-state index contributed by atoms with van der Waals surface area (Å²) in [6.07, 6.45) is 2.69. The van der Waals surface area contributed by atoms with Crippen LogP contribution in [-0.4, -0.2) is 19.0 Å².